The largest absolute Gasteiger partial charge is 0.398 e. The summed E-state index contributed by atoms with van der Waals surface area (Å²) in [6.07, 6.45) is -0.982. The zero-order valence-corrected chi connectivity index (χ0v) is 12.5. The minimum Gasteiger partial charge on any atom is -0.398 e. The van der Waals surface area contributed by atoms with Gasteiger partial charge < -0.3 is 15.6 Å². The summed E-state index contributed by atoms with van der Waals surface area (Å²) in [5.74, 6) is -0.657. The molecule has 19 heavy (non-hydrogen) atoms. The minimum absolute atomic E-state index is 0.00882. The summed E-state index contributed by atoms with van der Waals surface area (Å²) < 4.78 is 43.9. The van der Waals surface area contributed by atoms with Crippen molar-refractivity contribution in [2.45, 2.75) is 11.0 Å². The van der Waals surface area contributed by atoms with E-state index in [0.717, 1.165) is 12.1 Å². The van der Waals surface area contributed by atoms with E-state index in [0.29, 0.717) is 0 Å². The predicted molar refractivity (Wildman–Crippen MR) is 71.6 cm³/mol. The molecular formula is C10H14BrFN2O4S. The van der Waals surface area contributed by atoms with E-state index in [9.17, 15) is 17.9 Å². The van der Waals surface area contributed by atoms with Crippen molar-refractivity contribution >= 4 is 31.6 Å². The number of nitrogen functional groups attached to an aromatic ring is 1. The summed E-state index contributed by atoms with van der Waals surface area (Å²) in [5, 5.41) is 9.37. The van der Waals surface area contributed by atoms with E-state index in [1.807, 2.05) is 0 Å². The van der Waals surface area contributed by atoms with Crippen molar-refractivity contribution in [1.82, 2.24) is 4.72 Å². The Morgan fingerprint density at radius 1 is 1.58 bits per heavy atom. The summed E-state index contributed by atoms with van der Waals surface area (Å²) in [6, 6.07) is 1.97. The summed E-state index contributed by atoms with van der Waals surface area (Å²) >= 11 is 2.89. The molecule has 0 saturated heterocycles. The number of ether oxygens (including phenoxy) is 1. The fourth-order valence-corrected chi connectivity index (χ4v) is 3.02. The molecule has 0 heterocycles. The average Bonchev–Trinajstić information content (AvgIpc) is 2.31. The number of halogens is 2. The summed E-state index contributed by atoms with van der Waals surface area (Å²) in [7, 11) is -2.55. The van der Waals surface area contributed by atoms with Gasteiger partial charge in [-0.2, -0.15) is 0 Å². The first kappa shape index (κ1) is 16.3. The van der Waals surface area contributed by atoms with Crippen molar-refractivity contribution in [3.63, 3.8) is 0 Å². The summed E-state index contributed by atoms with van der Waals surface area (Å²) in [4.78, 5) is -0.259. The van der Waals surface area contributed by atoms with Crippen molar-refractivity contribution < 1.29 is 22.7 Å². The van der Waals surface area contributed by atoms with Gasteiger partial charge in [-0.05, 0) is 28.1 Å². The van der Waals surface area contributed by atoms with Crippen molar-refractivity contribution in [1.29, 1.82) is 0 Å². The number of hydrogen-bond donors (Lipinski definition) is 3. The minimum atomic E-state index is -3.93. The standard InChI is InChI=1S/C10H14BrFN2O4S/c1-18-5-6(15)4-14-19(16,17)10-2-7(11)8(12)3-9(10)13/h2-3,6,14-15H,4-5,13H2,1H3. The van der Waals surface area contributed by atoms with Gasteiger partial charge in [0.2, 0.25) is 10.0 Å². The molecule has 4 N–H and O–H groups in total. The van der Waals surface area contributed by atoms with Gasteiger partial charge in [-0.1, -0.05) is 0 Å². The number of aliphatic hydroxyl groups excluding tert-OH is 1. The Morgan fingerprint density at radius 3 is 2.79 bits per heavy atom. The Balaban J connectivity index is 2.92. The third-order valence-electron chi connectivity index (χ3n) is 2.21. The zero-order valence-electron chi connectivity index (χ0n) is 10.1. The lowest BCUT2D eigenvalue weighted by atomic mass is 10.3. The molecule has 0 amide bonds. The molecule has 0 aliphatic carbocycles. The first-order valence-electron chi connectivity index (χ1n) is 5.19. The van der Waals surface area contributed by atoms with Gasteiger partial charge >= 0.3 is 0 Å². The van der Waals surface area contributed by atoms with E-state index in [2.05, 4.69) is 25.4 Å². The van der Waals surface area contributed by atoms with Crippen LogP contribution in [0.1, 0.15) is 0 Å². The average molecular weight is 357 g/mol. The van der Waals surface area contributed by atoms with Crippen molar-refractivity contribution in [3.05, 3.63) is 22.4 Å². The normalized spacial score (nSPS) is 13.5. The van der Waals surface area contributed by atoms with Crippen LogP contribution in [0.5, 0.6) is 0 Å². The Morgan fingerprint density at radius 2 is 2.21 bits per heavy atom. The van der Waals surface area contributed by atoms with E-state index in [1.54, 1.807) is 0 Å². The maximum Gasteiger partial charge on any atom is 0.242 e. The van der Waals surface area contributed by atoms with Crippen LogP contribution < -0.4 is 10.5 Å². The lowest BCUT2D eigenvalue weighted by molar-refractivity contribution is 0.0679. The number of hydrogen-bond acceptors (Lipinski definition) is 5. The molecule has 0 saturated carbocycles. The fourth-order valence-electron chi connectivity index (χ4n) is 1.31. The highest BCUT2D eigenvalue weighted by molar-refractivity contribution is 9.10. The number of anilines is 1. The maximum atomic E-state index is 13.2. The third kappa shape index (κ3) is 4.39. The number of nitrogens with one attached hydrogen (secondary N) is 1. The van der Waals surface area contributed by atoms with E-state index in [1.165, 1.54) is 7.11 Å². The van der Waals surface area contributed by atoms with Gasteiger partial charge in [0.15, 0.2) is 0 Å². The molecule has 1 aromatic rings. The highest BCUT2D eigenvalue weighted by Crippen LogP contribution is 2.25. The molecule has 0 radical (unpaired) electrons. The van der Waals surface area contributed by atoms with Gasteiger partial charge in [-0.25, -0.2) is 17.5 Å². The lowest BCUT2D eigenvalue weighted by Gasteiger charge is -2.13. The van der Waals surface area contributed by atoms with Crippen molar-refractivity contribution in [2.75, 3.05) is 26.0 Å². The maximum absolute atomic E-state index is 13.2. The van der Waals surface area contributed by atoms with E-state index < -0.39 is 21.9 Å². The SMILES string of the molecule is COCC(O)CNS(=O)(=O)c1cc(Br)c(F)cc1N. The van der Waals surface area contributed by atoms with Crippen LogP contribution >= 0.6 is 15.9 Å². The van der Waals surface area contributed by atoms with Gasteiger partial charge in [0, 0.05) is 13.7 Å². The number of nitrogens with two attached hydrogens (primary N) is 1. The number of aliphatic hydroxyl groups is 1. The van der Waals surface area contributed by atoms with Gasteiger partial charge in [0.25, 0.3) is 0 Å². The number of benzene rings is 1. The molecule has 1 rings (SSSR count). The first-order chi connectivity index (χ1) is 8.77. The number of rotatable bonds is 6. The van der Waals surface area contributed by atoms with Crippen LogP contribution in [-0.2, 0) is 14.8 Å². The summed E-state index contributed by atoms with van der Waals surface area (Å²) in [6.45, 7) is -0.240. The van der Waals surface area contributed by atoms with Crippen LogP contribution in [0, 0.1) is 5.82 Å². The van der Waals surface area contributed by atoms with Crippen LogP contribution in [0.3, 0.4) is 0 Å². The molecule has 6 nitrogen and oxygen atoms in total. The molecule has 1 unspecified atom stereocenters. The quantitative estimate of drug-likeness (QED) is 0.642. The molecule has 9 heteroatoms. The van der Waals surface area contributed by atoms with E-state index in [-0.39, 0.29) is 28.2 Å². The molecule has 1 aromatic carbocycles. The second-order valence-electron chi connectivity index (χ2n) is 3.77. The van der Waals surface area contributed by atoms with Crippen LogP contribution in [0.2, 0.25) is 0 Å². The lowest BCUT2D eigenvalue weighted by Crippen LogP contribution is -2.34. The van der Waals surface area contributed by atoms with Crippen molar-refractivity contribution in [2.24, 2.45) is 0 Å². The van der Waals surface area contributed by atoms with Gasteiger partial charge in [0.1, 0.15) is 10.7 Å². The van der Waals surface area contributed by atoms with Crippen LogP contribution in [0.4, 0.5) is 10.1 Å². The molecule has 0 bridgehead atoms. The Labute approximate surface area is 118 Å². The van der Waals surface area contributed by atoms with E-state index in [4.69, 9.17) is 5.73 Å². The second-order valence-corrected chi connectivity index (χ2v) is 6.35. The molecule has 0 fully saturated rings. The highest BCUT2D eigenvalue weighted by Gasteiger charge is 2.20. The molecule has 108 valence electrons. The monoisotopic (exact) mass is 356 g/mol. The van der Waals surface area contributed by atoms with E-state index >= 15 is 0 Å². The topological polar surface area (TPSA) is 102 Å². The number of methoxy groups -OCH3 is 1. The Hall–Kier alpha value is -0.740. The summed E-state index contributed by atoms with van der Waals surface area (Å²) in [5.41, 5.74) is 5.26. The molecule has 0 aromatic heterocycles. The molecular weight excluding hydrogens is 343 g/mol. The number of sulfonamides is 1. The smallest absolute Gasteiger partial charge is 0.242 e. The molecule has 0 spiro atoms. The molecule has 1 atom stereocenters. The van der Waals surface area contributed by atoms with Crippen LogP contribution in [-0.4, -0.2) is 39.9 Å². The highest BCUT2D eigenvalue weighted by atomic mass is 79.9. The Bertz CT molecular complexity index is 553. The molecule has 0 aliphatic rings. The second kappa shape index (κ2) is 6.62. The van der Waals surface area contributed by atoms with Crippen LogP contribution in [0.25, 0.3) is 0 Å². The van der Waals surface area contributed by atoms with Crippen molar-refractivity contribution in [3.8, 4) is 0 Å². The van der Waals surface area contributed by atoms with Gasteiger partial charge in [0.05, 0.1) is 22.9 Å². The van der Waals surface area contributed by atoms with Gasteiger partial charge in [-0.3, -0.25) is 0 Å². The fraction of sp³-hybridized carbons (Fsp3) is 0.400. The third-order valence-corrected chi connectivity index (χ3v) is 4.30. The van der Waals surface area contributed by atoms with Gasteiger partial charge in [-0.15, -0.1) is 0 Å². The zero-order chi connectivity index (χ0) is 14.6. The molecule has 0 aliphatic heterocycles. The van der Waals surface area contributed by atoms with Crippen LogP contribution in [0.15, 0.2) is 21.5 Å². The Kier molecular flexibility index (Phi) is 5.68. The predicted octanol–water partition coefficient (Wildman–Crippen LogP) is 0.456. The first-order valence-corrected chi connectivity index (χ1v) is 7.46.